The smallest absolute Gasteiger partial charge is 0.176 e. The molecule has 1 N–H and O–H groups in total. The van der Waals surface area contributed by atoms with E-state index in [2.05, 4.69) is 20.1 Å². The molecule has 0 bridgehead atoms. The van der Waals surface area contributed by atoms with Crippen molar-refractivity contribution in [2.45, 2.75) is 26.2 Å². The van der Waals surface area contributed by atoms with Crippen molar-refractivity contribution in [1.82, 2.24) is 29.7 Å². The number of nitrogens with zero attached hydrogens (tertiary/aromatic N) is 5. The highest BCUT2D eigenvalue weighted by Gasteiger charge is 2.17. The molecule has 9 nitrogen and oxygen atoms in total. The fourth-order valence-electron chi connectivity index (χ4n) is 3.94. The molecule has 0 aliphatic carbocycles. The number of imidazole rings is 1. The van der Waals surface area contributed by atoms with E-state index in [1.807, 2.05) is 37.4 Å². The van der Waals surface area contributed by atoms with Gasteiger partial charge in [-0.25, -0.2) is 9.97 Å². The van der Waals surface area contributed by atoms with Gasteiger partial charge in [0.25, 0.3) is 0 Å². The van der Waals surface area contributed by atoms with Gasteiger partial charge in [0.05, 0.1) is 54.4 Å². The summed E-state index contributed by atoms with van der Waals surface area (Å²) in [7, 11) is 0. The van der Waals surface area contributed by atoms with Crippen LogP contribution in [0.5, 0.6) is 11.5 Å². The van der Waals surface area contributed by atoms with Crippen LogP contribution in [0.3, 0.4) is 0 Å². The van der Waals surface area contributed by atoms with Crippen LogP contribution in [0.1, 0.15) is 12.2 Å². The molecule has 0 atom stereocenters. The molecule has 34 heavy (non-hydrogen) atoms. The maximum Gasteiger partial charge on any atom is 0.176 e. The molecule has 6 rings (SSSR count). The van der Waals surface area contributed by atoms with Crippen LogP contribution in [-0.4, -0.2) is 49.2 Å². The maximum absolute atomic E-state index is 6.71. The van der Waals surface area contributed by atoms with Gasteiger partial charge in [-0.3, -0.25) is 9.67 Å². The van der Waals surface area contributed by atoms with Gasteiger partial charge in [0.2, 0.25) is 0 Å². The third-order valence-corrected chi connectivity index (χ3v) is 5.94. The Bertz CT molecular complexity index is 1490. The molecule has 1 fully saturated rings. The summed E-state index contributed by atoms with van der Waals surface area (Å²) in [5, 5.41) is 4.80. The number of halogens is 1. The average molecular weight is 477 g/mol. The zero-order chi connectivity index (χ0) is 23.1. The molecule has 0 radical (unpaired) electrons. The first-order valence-corrected chi connectivity index (χ1v) is 11.4. The summed E-state index contributed by atoms with van der Waals surface area (Å²) in [6, 6.07) is 9.30. The monoisotopic (exact) mass is 476 g/mol. The van der Waals surface area contributed by atoms with E-state index in [4.69, 9.17) is 30.8 Å². The van der Waals surface area contributed by atoms with E-state index in [1.54, 1.807) is 23.1 Å². The predicted molar refractivity (Wildman–Crippen MR) is 127 cm³/mol. The lowest BCUT2D eigenvalue weighted by Crippen LogP contribution is -2.29. The SMILES string of the molecule is Cc1nc2ccc(Oc3ccc4ncc(-c5cnn(CC6OCCCO6)c5)nc4c3Cl)cc2[nH]1. The van der Waals surface area contributed by atoms with E-state index in [9.17, 15) is 0 Å². The zero-order valence-corrected chi connectivity index (χ0v) is 19.1. The first-order chi connectivity index (χ1) is 16.6. The van der Waals surface area contributed by atoms with Crippen LogP contribution >= 0.6 is 11.6 Å². The Hall–Kier alpha value is -3.53. The van der Waals surface area contributed by atoms with Crippen LogP contribution in [0.25, 0.3) is 33.3 Å². The van der Waals surface area contributed by atoms with Crippen LogP contribution < -0.4 is 4.74 Å². The van der Waals surface area contributed by atoms with Gasteiger partial charge < -0.3 is 19.2 Å². The number of benzene rings is 2. The van der Waals surface area contributed by atoms with Gasteiger partial charge in [-0.15, -0.1) is 0 Å². The minimum absolute atomic E-state index is 0.289. The Morgan fingerprint density at radius 2 is 1.97 bits per heavy atom. The Kier molecular flexibility index (Phi) is 5.37. The lowest BCUT2D eigenvalue weighted by Gasteiger charge is -2.22. The van der Waals surface area contributed by atoms with Crippen LogP contribution in [0.15, 0.2) is 48.9 Å². The van der Waals surface area contributed by atoms with Crippen LogP contribution in [0.4, 0.5) is 0 Å². The number of aromatic nitrogens is 6. The van der Waals surface area contributed by atoms with E-state index in [1.165, 1.54) is 0 Å². The second kappa shape index (κ2) is 8.68. The minimum atomic E-state index is -0.289. The number of H-pyrrole nitrogens is 1. The van der Waals surface area contributed by atoms with Gasteiger partial charge in [-0.1, -0.05) is 11.6 Å². The van der Waals surface area contributed by atoms with Gasteiger partial charge in [-0.05, 0) is 37.6 Å². The average Bonchev–Trinajstić information content (AvgIpc) is 3.47. The van der Waals surface area contributed by atoms with Gasteiger partial charge >= 0.3 is 0 Å². The predicted octanol–water partition coefficient (Wildman–Crippen LogP) is 4.89. The van der Waals surface area contributed by atoms with Gasteiger partial charge in [-0.2, -0.15) is 5.10 Å². The van der Waals surface area contributed by atoms with Crippen molar-refractivity contribution in [3.05, 3.63) is 59.8 Å². The number of aryl methyl sites for hydroxylation is 1. The standard InChI is InChI=1S/C24H21ClN6O3/c1-14-28-17-4-3-16(9-19(17)29-14)34-21-6-5-18-24(23(21)25)30-20(11-26-18)15-10-27-31(12-15)13-22-32-7-2-8-33-22/h3-6,9-12,22H,2,7-8,13H2,1H3,(H,28,29). The van der Waals surface area contributed by atoms with Crippen molar-refractivity contribution in [2.24, 2.45) is 0 Å². The summed E-state index contributed by atoms with van der Waals surface area (Å²) >= 11 is 6.71. The molecule has 10 heteroatoms. The molecule has 0 spiro atoms. The normalized spacial score (nSPS) is 14.8. The third kappa shape index (κ3) is 4.09. The van der Waals surface area contributed by atoms with Gasteiger partial charge in [0.1, 0.15) is 27.9 Å². The lowest BCUT2D eigenvalue weighted by molar-refractivity contribution is -0.185. The summed E-state index contributed by atoms with van der Waals surface area (Å²) in [5.41, 5.74) is 4.51. The second-order valence-electron chi connectivity index (χ2n) is 8.08. The fourth-order valence-corrected chi connectivity index (χ4v) is 4.18. The molecule has 0 amide bonds. The number of ether oxygens (including phenoxy) is 3. The molecule has 172 valence electrons. The van der Waals surface area contributed by atoms with Gasteiger partial charge in [0, 0.05) is 17.8 Å². The van der Waals surface area contributed by atoms with Crippen molar-refractivity contribution in [1.29, 1.82) is 0 Å². The topological polar surface area (TPSA) is 100.0 Å². The number of rotatable bonds is 5. The van der Waals surface area contributed by atoms with E-state index in [0.29, 0.717) is 53.0 Å². The van der Waals surface area contributed by atoms with Crippen molar-refractivity contribution >= 4 is 33.7 Å². The Morgan fingerprint density at radius 1 is 1.12 bits per heavy atom. The number of fused-ring (bicyclic) bond motifs is 2. The van der Waals surface area contributed by atoms with E-state index < -0.39 is 0 Å². The molecule has 1 saturated heterocycles. The molecule has 3 aromatic heterocycles. The molecule has 2 aromatic carbocycles. The number of hydrogen-bond donors (Lipinski definition) is 1. The van der Waals surface area contributed by atoms with Crippen LogP contribution in [0.2, 0.25) is 5.02 Å². The summed E-state index contributed by atoms with van der Waals surface area (Å²) in [4.78, 5) is 16.9. The highest BCUT2D eigenvalue weighted by Crippen LogP contribution is 2.35. The summed E-state index contributed by atoms with van der Waals surface area (Å²) in [5.74, 6) is 1.99. The molecule has 5 aromatic rings. The number of aromatic amines is 1. The molecular formula is C24H21ClN6O3. The van der Waals surface area contributed by atoms with Crippen molar-refractivity contribution in [3.63, 3.8) is 0 Å². The summed E-state index contributed by atoms with van der Waals surface area (Å²) < 4.78 is 19.1. The van der Waals surface area contributed by atoms with E-state index in [0.717, 1.165) is 28.8 Å². The fraction of sp³-hybridized carbons (Fsp3) is 0.250. The summed E-state index contributed by atoms with van der Waals surface area (Å²) in [6.45, 7) is 3.83. The Labute approximate surface area is 199 Å². The number of hydrogen-bond acceptors (Lipinski definition) is 7. The minimum Gasteiger partial charge on any atom is -0.456 e. The molecular weight excluding hydrogens is 456 g/mol. The van der Waals surface area contributed by atoms with Crippen molar-refractivity contribution in [2.75, 3.05) is 13.2 Å². The second-order valence-corrected chi connectivity index (χ2v) is 8.46. The molecule has 1 aliphatic rings. The van der Waals surface area contributed by atoms with Crippen LogP contribution in [0, 0.1) is 6.92 Å². The number of nitrogens with one attached hydrogen (secondary N) is 1. The van der Waals surface area contributed by atoms with Crippen molar-refractivity contribution < 1.29 is 14.2 Å². The molecule has 0 saturated carbocycles. The van der Waals surface area contributed by atoms with Crippen LogP contribution in [-0.2, 0) is 16.0 Å². The highest BCUT2D eigenvalue weighted by molar-refractivity contribution is 6.36. The lowest BCUT2D eigenvalue weighted by atomic mass is 10.2. The first kappa shape index (κ1) is 21.0. The summed E-state index contributed by atoms with van der Waals surface area (Å²) in [6.07, 6.45) is 5.98. The maximum atomic E-state index is 6.71. The van der Waals surface area contributed by atoms with Gasteiger partial charge in [0.15, 0.2) is 6.29 Å². The molecule has 1 aliphatic heterocycles. The Morgan fingerprint density at radius 3 is 2.85 bits per heavy atom. The van der Waals surface area contributed by atoms with E-state index in [-0.39, 0.29) is 6.29 Å². The molecule has 0 unspecified atom stereocenters. The highest BCUT2D eigenvalue weighted by atomic mass is 35.5. The third-order valence-electron chi connectivity index (χ3n) is 5.58. The van der Waals surface area contributed by atoms with Crippen molar-refractivity contribution in [3.8, 4) is 22.8 Å². The Balaban J connectivity index is 1.28. The largest absolute Gasteiger partial charge is 0.456 e. The van der Waals surface area contributed by atoms with E-state index >= 15 is 0 Å². The first-order valence-electron chi connectivity index (χ1n) is 11.0. The quantitative estimate of drug-likeness (QED) is 0.385. The molecule has 4 heterocycles. The zero-order valence-electron chi connectivity index (χ0n) is 18.4.